The summed E-state index contributed by atoms with van der Waals surface area (Å²) < 4.78 is 22.8. The minimum atomic E-state index is -0.787. The molecular formula is C11H15FN2O3. The summed E-state index contributed by atoms with van der Waals surface area (Å²) in [6, 6.07) is 3.33. The van der Waals surface area contributed by atoms with Crippen LogP contribution in [-0.2, 0) is 9.53 Å². The highest BCUT2D eigenvalue weighted by molar-refractivity contribution is 5.94. The van der Waals surface area contributed by atoms with Gasteiger partial charge in [0.05, 0.1) is 13.7 Å². The van der Waals surface area contributed by atoms with Gasteiger partial charge in [-0.3, -0.25) is 4.79 Å². The molecule has 0 aromatic heterocycles. The topological polar surface area (TPSA) is 73.6 Å². The fourth-order valence-corrected chi connectivity index (χ4v) is 1.23. The highest BCUT2D eigenvalue weighted by atomic mass is 19.1. The van der Waals surface area contributed by atoms with Crippen LogP contribution < -0.4 is 15.8 Å². The zero-order chi connectivity index (χ0) is 12.8. The quantitative estimate of drug-likeness (QED) is 0.799. The Morgan fingerprint density at radius 1 is 1.53 bits per heavy atom. The van der Waals surface area contributed by atoms with Gasteiger partial charge in [0.1, 0.15) is 6.04 Å². The lowest BCUT2D eigenvalue weighted by molar-refractivity contribution is -0.118. The van der Waals surface area contributed by atoms with E-state index in [0.29, 0.717) is 5.69 Å². The van der Waals surface area contributed by atoms with Gasteiger partial charge in [0.25, 0.3) is 0 Å². The normalized spacial score (nSPS) is 12.0. The first-order valence-corrected chi connectivity index (χ1v) is 4.97. The zero-order valence-corrected chi connectivity index (χ0v) is 9.70. The maximum atomic E-state index is 13.3. The van der Waals surface area contributed by atoms with E-state index in [2.05, 4.69) is 5.32 Å². The van der Waals surface area contributed by atoms with Crippen molar-refractivity contribution in [2.45, 2.75) is 6.04 Å². The Bertz CT molecular complexity index is 398. The first-order chi connectivity index (χ1) is 8.08. The van der Waals surface area contributed by atoms with Crippen LogP contribution >= 0.6 is 0 Å². The van der Waals surface area contributed by atoms with Gasteiger partial charge >= 0.3 is 0 Å². The van der Waals surface area contributed by atoms with Crippen molar-refractivity contribution in [3.8, 4) is 5.75 Å². The van der Waals surface area contributed by atoms with Crippen molar-refractivity contribution >= 4 is 11.6 Å². The molecule has 0 bridgehead atoms. The fraction of sp³-hybridized carbons (Fsp3) is 0.364. The molecule has 3 N–H and O–H groups in total. The molecular weight excluding hydrogens is 227 g/mol. The SMILES string of the molecule is COCC(N)C(=O)Nc1ccc(OC)c(F)c1. The average molecular weight is 242 g/mol. The van der Waals surface area contributed by atoms with Crippen LogP contribution in [0.4, 0.5) is 10.1 Å². The van der Waals surface area contributed by atoms with E-state index in [1.807, 2.05) is 0 Å². The Morgan fingerprint density at radius 2 is 2.24 bits per heavy atom. The predicted octanol–water partition coefficient (Wildman–Crippen LogP) is 0.747. The molecule has 94 valence electrons. The Kier molecular flexibility index (Phi) is 4.86. The number of nitrogens with one attached hydrogen (secondary N) is 1. The van der Waals surface area contributed by atoms with E-state index >= 15 is 0 Å². The summed E-state index contributed by atoms with van der Waals surface area (Å²) in [7, 11) is 2.81. The highest BCUT2D eigenvalue weighted by Gasteiger charge is 2.13. The van der Waals surface area contributed by atoms with E-state index in [4.69, 9.17) is 15.2 Å². The standard InChI is InChI=1S/C11H15FN2O3/c1-16-6-9(13)11(15)14-7-3-4-10(17-2)8(12)5-7/h3-5,9H,6,13H2,1-2H3,(H,14,15). The number of nitrogens with two attached hydrogens (primary N) is 1. The van der Waals surface area contributed by atoms with Crippen molar-refractivity contribution in [2.75, 3.05) is 26.1 Å². The van der Waals surface area contributed by atoms with Crippen molar-refractivity contribution < 1.29 is 18.7 Å². The van der Waals surface area contributed by atoms with E-state index < -0.39 is 17.8 Å². The van der Waals surface area contributed by atoms with Gasteiger partial charge in [0, 0.05) is 18.9 Å². The van der Waals surface area contributed by atoms with E-state index in [1.165, 1.54) is 26.4 Å². The van der Waals surface area contributed by atoms with E-state index in [9.17, 15) is 9.18 Å². The molecule has 0 spiro atoms. The number of benzene rings is 1. The van der Waals surface area contributed by atoms with E-state index in [1.54, 1.807) is 0 Å². The number of hydrogen-bond donors (Lipinski definition) is 2. The summed E-state index contributed by atoms with van der Waals surface area (Å²) in [5.41, 5.74) is 5.83. The highest BCUT2D eigenvalue weighted by Crippen LogP contribution is 2.20. The molecule has 0 heterocycles. The number of anilines is 1. The fourth-order valence-electron chi connectivity index (χ4n) is 1.23. The Labute approximate surface area is 98.7 Å². The maximum absolute atomic E-state index is 13.3. The van der Waals surface area contributed by atoms with Gasteiger partial charge < -0.3 is 20.5 Å². The van der Waals surface area contributed by atoms with Crippen molar-refractivity contribution in [3.63, 3.8) is 0 Å². The van der Waals surface area contributed by atoms with Crippen LogP contribution in [0.15, 0.2) is 18.2 Å². The molecule has 0 saturated carbocycles. The minimum absolute atomic E-state index is 0.102. The molecule has 6 heteroatoms. The third-order valence-electron chi connectivity index (χ3n) is 2.10. The second-order valence-corrected chi connectivity index (χ2v) is 3.40. The Hall–Kier alpha value is -1.66. The van der Waals surface area contributed by atoms with Gasteiger partial charge in [-0.25, -0.2) is 4.39 Å². The molecule has 1 rings (SSSR count). The monoisotopic (exact) mass is 242 g/mol. The summed E-state index contributed by atoms with van der Waals surface area (Å²) in [5, 5.41) is 2.48. The van der Waals surface area contributed by atoms with Crippen molar-refractivity contribution in [1.29, 1.82) is 0 Å². The molecule has 0 aliphatic carbocycles. The van der Waals surface area contributed by atoms with Crippen LogP contribution in [0.5, 0.6) is 5.75 Å². The summed E-state index contributed by atoms with van der Waals surface area (Å²) in [5.74, 6) is -0.869. The molecule has 0 aliphatic heterocycles. The molecule has 17 heavy (non-hydrogen) atoms. The average Bonchev–Trinajstić information content (AvgIpc) is 2.29. The number of rotatable bonds is 5. The second kappa shape index (κ2) is 6.17. The van der Waals surface area contributed by atoms with Crippen LogP contribution in [0.25, 0.3) is 0 Å². The van der Waals surface area contributed by atoms with Gasteiger partial charge in [-0.15, -0.1) is 0 Å². The molecule has 5 nitrogen and oxygen atoms in total. The van der Waals surface area contributed by atoms with E-state index in [0.717, 1.165) is 6.07 Å². The molecule has 0 saturated heterocycles. The summed E-state index contributed by atoms with van der Waals surface area (Å²) >= 11 is 0. The molecule has 0 radical (unpaired) electrons. The minimum Gasteiger partial charge on any atom is -0.494 e. The lowest BCUT2D eigenvalue weighted by atomic mass is 10.2. The first kappa shape index (κ1) is 13.4. The second-order valence-electron chi connectivity index (χ2n) is 3.40. The number of amides is 1. The van der Waals surface area contributed by atoms with Gasteiger partial charge in [-0.2, -0.15) is 0 Å². The largest absolute Gasteiger partial charge is 0.494 e. The van der Waals surface area contributed by atoms with Crippen molar-refractivity contribution in [3.05, 3.63) is 24.0 Å². The molecule has 1 aromatic rings. The maximum Gasteiger partial charge on any atom is 0.243 e. The lowest BCUT2D eigenvalue weighted by Gasteiger charge is -2.11. The van der Waals surface area contributed by atoms with Crippen molar-refractivity contribution in [1.82, 2.24) is 0 Å². The molecule has 1 unspecified atom stereocenters. The van der Waals surface area contributed by atoms with Gasteiger partial charge in [-0.05, 0) is 12.1 Å². The number of methoxy groups -OCH3 is 2. The van der Waals surface area contributed by atoms with Gasteiger partial charge in [0.15, 0.2) is 11.6 Å². The number of ether oxygens (including phenoxy) is 2. The number of hydrogen-bond acceptors (Lipinski definition) is 4. The first-order valence-electron chi connectivity index (χ1n) is 4.97. The molecule has 0 fully saturated rings. The van der Waals surface area contributed by atoms with Crippen LogP contribution in [0.2, 0.25) is 0 Å². The smallest absolute Gasteiger partial charge is 0.243 e. The van der Waals surface area contributed by atoms with Gasteiger partial charge in [-0.1, -0.05) is 0 Å². The molecule has 1 aromatic carbocycles. The van der Waals surface area contributed by atoms with Crippen LogP contribution in [0.1, 0.15) is 0 Å². The van der Waals surface area contributed by atoms with Crippen LogP contribution in [0, 0.1) is 5.82 Å². The molecule has 0 aliphatic rings. The number of carbonyl (C=O) groups is 1. The van der Waals surface area contributed by atoms with Crippen molar-refractivity contribution in [2.24, 2.45) is 5.73 Å². The predicted molar refractivity (Wildman–Crippen MR) is 61.4 cm³/mol. The van der Waals surface area contributed by atoms with Crippen LogP contribution in [0.3, 0.4) is 0 Å². The van der Waals surface area contributed by atoms with Crippen LogP contribution in [-0.4, -0.2) is 32.8 Å². The summed E-state index contributed by atoms with van der Waals surface area (Å²) in [6.45, 7) is 0.102. The Balaban J connectivity index is 2.69. The summed E-state index contributed by atoms with van der Waals surface area (Å²) in [6.07, 6.45) is 0. The third kappa shape index (κ3) is 3.69. The lowest BCUT2D eigenvalue weighted by Crippen LogP contribution is -2.39. The zero-order valence-electron chi connectivity index (χ0n) is 9.70. The number of halogens is 1. The molecule has 1 atom stereocenters. The Morgan fingerprint density at radius 3 is 2.76 bits per heavy atom. The molecule has 1 amide bonds. The third-order valence-corrected chi connectivity index (χ3v) is 2.10. The van der Waals surface area contributed by atoms with Gasteiger partial charge in [0.2, 0.25) is 5.91 Å². The summed E-state index contributed by atoms with van der Waals surface area (Å²) in [4.78, 5) is 11.5. The number of carbonyl (C=O) groups excluding carboxylic acids is 1. The van der Waals surface area contributed by atoms with E-state index in [-0.39, 0.29) is 12.4 Å².